The molecule has 5 heteroatoms. The van der Waals surface area contributed by atoms with Crippen LogP contribution in [0.25, 0.3) is 0 Å². The number of rotatable bonds is 8. The molecule has 2 heterocycles. The number of aliphatic imine (C=N–C) groups is 2. The fourth-order valence-electron chi connectivity index (χ4n) is 4.94. The molecule has 2 aliphatic heterocycles. The summed E-state index contributed by atoms with van der Waals surface area (Å²) < 4.78 is 15.5. The van der Waals surface area contributed by atoms with Gasteiger partial charge in [-0.15, -0.1) is 0 Å². The highest BCUT2D eigenvalue weighted by atomic mass is 19.1. The third-order valence-electron chi connectivity index (χ3n) is 7.01. The van der Waals surface area contributed by atoms with Crippen molar-refractivity contribution in [2.75, 3.05) is 37.0 Å². The molecular weight excluding hydrogens is 435 g/mol. The van der Waals surface area contributed by atoms with Gasteiger partial charge in [0.15, 0.2) is 0 Å². The van der Waals surface area contributed by atoms with E-state index < -0.39 is 0 Å². The summed E-state index contributed by atoms with van der Waals surface area (Å²) in [5, 5.41) is 0. The van der Waals surface area contributed by atoms with Gasteiger partial charge in [0.25, 0.3) is 0 Å². The summed E-state index contributed by atoms with van der Waals surface area (Å²) in [5.74, 6) is -0.125. The Labute approximate surface area is 207 Å². The van der Waals surface area contributed by atoms with Gasteiger partial charge in [0, 0.05) is 74.2 Å². The number of hydrogen-bond acceptors (Lipinski definition) is 4. The van der Waals surface area contributed by atoms with Crippen LogP contribution in [0.15, 0.2) is 76.7 Å². The lowest BCUT2D eigenvalue weighted by atomic mass is 10.1. The van der Waals surface area contributed by atoms with Crippen molar-refractivity contribution in [1.82, 2.24) is 0 Å². The molecule has 3 aromatic rings. The van der Waals surface area contributed by atoms with Crippen LogP contribution in [-0.4, -0.2) is 38.6 Å². The van der Waals surface area contributed by atoms with Crippen molar-refractivity contribution < 1.29 is 4.39 Å². The molecule has 0 aliphatic carbocycles. The first kappa shape index (κ1) is 23.3. The van der Waals surface area contributed by atoms with Crippen LogP contribution in [0, 0.1) is 5.82 Å². The number of benzene rings is 3. The minimum Gasteiger partial charge on any atom is -0.370 e. The fourth-order valence-corrected chi connectivity index (χ4v) is 4.94. The molecule has 0 amide bonds. The van der Waals surface area contributed by atoms with E-state index in [9.17, 15) is 0 Å². The molecule has 3 aromatic carbocycles. The molecular formula is C30H33FN4. The second kappa shape index (κ2) is 10.4. The number of hydrogen-bond donors (Lipinski definition) is 0. The largest absolute Gasteiger partial charge is 0.370 e. The van der Waals surface area contributed by atoms with Crippen molar-refractivity contribution in [2.24, 2.45) is 9.98 Å². The monoisotopic (exact) mass is 468 g/mol. The van der Waals surface area contributed by atoms with Gasteiger partial charge in [-0.05, 0) is 61.1 Å². The molecule has 2 aliphatic rings. The maximum absolute atomic E-state index is 15.5. The third kappa shape index (κ3) is 5.29. The zero-order chi connectivity index (χ0) is 24.2. The van der Waals surface area contributed by atoms with Gasteiger partial charge < -0.3 is 9.80 Å². The smallest absolute Gasteiger partial charge is 0.133 e. The summed E-state index contributed by atoms with van der Waals surface area (Å²) in [6.07, 6.45) is 4.40. The van der Waals surface area contributed by atoms with Crippen molar-refractivity contribution >= 4 is 22.8 Å². The van der Waals surface area contributed by atoms with E-state index in [-0.39, 0.29) is 5.82 Å². The van der Waals surface area contributed by atoms with Crippen molar-refractivity contribution in [2.45, 2.75) is 38.8 Å². The minimum absolute atomic E-state index is 0.125. The van der Waals surface area contributed by atoms with E-state index in [1.165, 1.54) is 22.6 Å². The first-order valence-electron chi connectivity index (χ1n) is 12.5. The van der Waals surface area contributed by atoms with E-state index >= 15 is 4.39 Å². The molecule has 180 valence electrons. The van der Waals surface area contributed by atoms with Crippen LogP contribution in [0.3, 0.4) is 0 Å². The quantitative estimate of drug-likeness (QED) is 0.390. The summed E-state index contributed by atoms with van der Waals surface area (Å²) in [6.45, 7) is 2.90. The number of nitrogens with zero attached hydrogens (tertiary/aromatic N) is 4. The predicted octanol–water partition coefficient (Wildman–Crippen LogP) is 6.26. The Kier molecular flexibility index (Phi) is 6.94. The average molecular weight is 469 g/mol. The maximum atomic E-state index is 15.5. The van der Waals surface area contributed by atoms with E-state index in [1.54, 1.807) is 0 Å². The van der Waals surface area contributed by atoms with Gasteiger partial charge in [0.1, 0.15) is 5.82 Å². The van der Waals surface area contributed by atoms with Crippen LogP contribution in [0.1, 0.15) is 47.9 Å². The van der Waals surface area contributed by atoms with Crippen molar-refractivity contribution in [1.29, 1.82) is 0 Å². The van der Waals surface area contributed by atoms with E-state index in [1.807, 2.05) is 32.3 Å². The Bertz CT molecular complexity index is 1130. The van der Waals surface area contributed by atoms with Gasteiger partial charge in [0.05, 0.1) is 0 Å². The van der Waals surface area contributed by atoms with Crippen molar-refractivity contribution in [3.63, 3.8) is 0 Å². The highest BCUT2D eigenvalue weighted by Gasteiger charge is 2.15. The lowest BCUT2D eigenvalue weighted by molar-refractivity contribution is 0.589. The zero-order valence-electron chi connectivity index (χ0n) is 20.7. The lowest BCUT2D eigenvalue weighted by Crippen LogP contribution is -2.20. The van der Waals surface area contributed by atoms with Crippen LogP contribution in [0.2, 0.25) is 0 Å². The van der Waals surface area contributed by atoms with Gasteiger partial charge in [-0.3, -0.25) is 9.98 Å². The Morgan fingerprint density at radius 1 is 0.657 bits per heavy atom. The third-order valence-corrected chi connectivity index (χ3v) is 7.01. The van der Waals surface area contributed by atoms with Crippen LogP contribution in [-0.2, 0) is 13.1 Å². The number of anilines is 2. The summed E-state index contributed by atoms with van der Waals surface area (Å²) in [4.78, 5) is 13.4. The van der Waals surface area contributed by atoms with Gasteiger partial charge in [-0.2, -0.15) is 0 Å². The molecule has 4 nitrogen and oxygen atoms in total. The first-order valence-corrected chi connectivity index (χ1v) is 12.5. The van der Waals surface area contributed by atoms with Crippen LogP contribution in [0.5, 0.6) is 0 Å². The van der Waals surface area contributed by atoms with E-state index in [0.717, 1.165) is 50.1 Å². The molecule has 0 aromatic heterocycles. The highest BCUT2D eigenvalue weighted by Crippen LogP contribution is 2.24. The van der Waals surface area contributed by atoms with E-state index in [4.69, 9.17) is 0 Å². The Hall–Kier alpha value is -3.47. The normalized spacial score (nSPS) is 15.2. The molecule has 0 spiro atoms. The average Bonchev–Trinajstić information content (AvgIpc) is 3.62. The summed E-state index contributed by atoms with van der Waals surface area (Å²) in [7, 11) is 4.02. The zero-order valence-corrected chi connectivity index (χ0v) is 20.7. The van der Waals surface area contributed by atoms with Crippen LogP contribution in [0.4, 0.5) is 15.8 Å². The second-order valence-corrected chi connectivity index (χ2v) is 9.56. The first-order chi connectivity index (χ1) is 17.1. The summed E-state index contributed by atoms with van der Waals surface area (Å²) in [5.41, 5.74) is 8.34. The van der Waals surface area contributed by atoms with E-state index in [0.29, 0.717) is 24.2 Å². The van der Waals surface area contributed by atoms with Gasteiger partial charge >= 0.3 is 0 Å². The minimum atomic E-state index is -0.125. The lowest BCUT2D eigenvalue weighted by Gasteiger charge is -2.23. The SMILES string of the molecule is CN(Cc1cccc(CN(C)c2ccc(C3=NCCC3)cc2)c1F)c1ccc(C2=NCCC2)cc1. The molecule has 0 fully saturated rings. The molecule has 0 radical (unpaired) electrons. The molecule has 35 heavy (non-hydrogen) atoms. The predicted molar refractivity (Wildman–Crippen MR) is 145 cm³/mol. The fraction of sp³-hybridized carbons (Fsp3) is 0.333. The summed E-state index contributed by atoms with van der Waals surface area (Å²) in [6, 6.07) is 22.6. The molecule has 0 bridgehead atoms. The van der Waals surface area contributed by atoms with E-state index in [2.05, 4.69) is 68.3 Å². The van der Waals surface area contributed by atoms with Crippen molar-refractivity contribution in [3.8, 4) is 0 Å². The molecule has 0 N–H and O–H groups in total. The molecule has 0 saturated heterocycles. The van der Waals surface area contributed by atoms with Crippen LogP contribution >= 0.6 is 0 Å². The van der Waals surface area contributed by atoms with Gasteiger partial charge in [-0.25, -0.2) is 4.39 Å². The Morgan fingerprint density at radius 3 is 1.46 bits per heavy atom. The molecule has 0 atom stereocenters. The Balaban J connectivity index is 1.25. The maximum Gasteiger partial charge on any atom is 0.133 e. The highest BCUT2D eigenvalue weighted by molar-refractivity contribution is 6.02. The molecule has 0 saturated carbocycles. The van der Waals surface area contributed by atoms with Crippen molar-refractivity contribution in [3.05, 3.63) is 94.8 Å². The van der Waals surface area contributed by atoms with Gasteiger partial charge in [-0.1, -0.05) is 42.5 Å². The molecule has 0 unspecified atom stereocenters. The second-order valence-electron chi connectivity index (χ2n) is 9.56. The van der Waals surface area contributed by atoms with Crippen LogP contribution < -0.4 is 9.80 Å². The topological polar surface area (TPSA) is 31.2 Å². The Morgan fingerprint density at radius 2 is 1.09 bits per heavy atom. The van der Waals surface area contributed by atoms with Gasteiger partial charge in [0.2, 0.25) is 0 Å². The molecule has 5 rings (SSSR count). The number of halogens is 1. The standard InChI is InChI=1S/C30H33FN4/c1-34(26-14-10-22(11-15-26)28-8-4-18-32-28)20-24-6-3-7-25(30(24)31)21-35(2)27-16-12-23(13-17-27)29-9-5-19-33-29/h3,6-7,10-17H,4-5,8-9,18-21H2,1-2H3. The summed E-state index contributed by atoms with van der Waals surface area (Å²) >= 11 is 0.